The fourth-order valence-corrected chi connectivity index (χ4v) is 1.21. The zero-order valence-electron chi connectivity index (χ0n) is 9.80. The highest BCUT2D eigenvalue weighted by Gasteiger charge is 1.94. The molecule has 0 aromatic heterocycles. The van der Waals surface area contributed by atoms with E-state index in [1.165, 1.54) is 0 Å². The highest BCUT2D eigenvalue weighted by molar-refractivity contribution is 5.43. The molecular weight excluding hydrogens is 222 g/mol. The van der Waals surface area contributed by atoms with Gasteiger partial charge in [0.05, 0.1) is 33.0 Å². The van der Waals surface area contributed by atoms with Gasteiger partial charge in [-0.3, -0.25) is 0 Å². The van der Waals surface area contributed by atoms with Crippen molar-refractivity contribution in [1.82, 2.24) is 0 Å². The van der Waals surface area contributed by atoms with E-state index < -0.39 is 0 Å². The van der Waals surface area contributed by atoms with E-state index in [0.29, 0.717) is 38.7 Å². The minimum absolute atomic E-state index is 0.0402. The molecule has 0 aliphatic carbocycles. The van der Waals surface area contributed by atoms with E-state index in [2.05, 4.69) is 0 Å². The van der Waals surface area contributed by atoms with Crippen LogP contribution in [-0.2, 0) is 9.47 Å². The van der Waals surface area contributed by atoms with E-state index in [0.717, 1.165) is 5.75 Å². The van der Waals surface area contributed by atoms with Gasteiger partial charge in [-0.1, -0.05) is 6.07 Å². The van der Waals surface area contributed by atoms with Crippen molar-refractivity contribution in [2.75, 3.05) is 45.4 Å². The van der Waals surface area contributed by atoms with Gasteiger partial charge in [-0.15, -0.1) is 0 Å². The van der Waals surface area contributed by atoms with E-state index in [-0.39, 0.29) is 6.61 Å². The third-order valence-electron chi connectivity index (χ3n) is 1.96. The first-order valence-corrected chi connectivity index (χ1v) is 5.57. The standard InChI is InChI=1S/C12H19NO4/c13-11-2-1-3-12(10-11)17-9-8-16-7-6-15-5-4-14/h1-3,10,14H,4-9,13H2. The number of nitrogen functional groups attached to an aromatic ring is 1. The lowest BCUT2D eigenvalue weighted by atomic mass is 10.3. The SMILES string of the molecule is Nc1cccc(OCCOCCOCCO)c1. The molecule has 5 nitrogen and oxygen atoms in total. The fraction of sp³-hybridized carbons (Fsp3) is 0.500. The molecule has 1 rings (SSSR count). The van der Waals surface area contributed by atoms with Crippen molar-refractivity contribution in [2.24, 2.45) is 0 Å². The van der Waals surface area contributed by atoms with Gasteiger partial charge in [0.25, 0.3) is 0 Å². The van der Waals surface area contributed by atoms with E-state index in [9.17, 15) is 0 Å². The number of nitrogens with two attached hydrogens (primary N) is 1. The summed E-state index contributed by atoms with van der Waals surface area (Å²) in [6, 6.07) is 7.27. The molecule has 0 unspecified atom stereocenters. The average molecular weight is 241 g/mol. The summed E-state index contributed by atoms with van der Waals surface area (Å²) in [5.74, 6) is 0.741. The summed E-state index contributed by atoms with van der Waals surface area (Å²) in [5, 5.41) is 8.46. The van der Waals surface area contributed by atoms with Gasteiger partial charge >= 0.3 is 0 Å². The maximum absolute atomic E-state index is 8.46. The van der Waals surface area contributed by atoms with Gasteiger partial charge in [0.1, 0.15) is 12.4 Å². The summed E-state index contributed by atoms with van der Waals surface area (Å²) in [4.78, 5) is 0. The Labute approximate surface area is 101 Å². The number of hydrogen-bond donors (Lipinski definition) is 2. The van der Waals surface area contributed by atoms with Crippen LogP contribution in [-0.4, -0.2) is 44.7 Å². The Bertz CT molecular complexity index is 306. The molecule has 0 fully saturated rings. The number of rotatable bonds is 9. The van der Waals surface area contributed by atoms with Crippen molar-refractivity contribution in [3.05, 3.63) is 24.3 Å². The average Bonchev–Trinajstić information content (AvgIpc) is 2.33. The lowest BCUT2D eigenvalue weighted by Crippen LogP contribution is -2.11. The Morgan fingerprint density at radius 1 is 1.00 bits per heavy atom. The summed E-state index contributed by atoms with van der Waals surface area (Å²) < 4.78 is 15.7. The van der Waals surface area contributed by atoms with E-state index in [1.807, 2.05) is 18.2 Å². The molecular formula is C12H19NO4. The third-order valence-corrected chi connectivity index (χ3v) is 1.96. The molecule has 1 aromatic rings. The van der Waals surface area contributed by atoms with E-state index >= 15 is 0 Å². The van der Waals surface area contributed by atoms with E-state index in [1.54, 1.807) is 6.07 Å². The molecule has 0 saturated heterocycles. The van der Waals surface area contributed by atoms with Crippen LogP contribution in [0.25, 0.3) is 0 Å². The van der Waals surface area contributed by atoms with Gasteiger partial charge in [0, 0.05) is 11.8 Å². The van der Waals surface area contributed by atoms with E-state index in [4.69, 9.17) is 25.1 Å². The highest BCUT2D eigenvalue weighted by Crippen LogP contribution is 2.13. The van der Waals surface area contributed by atoms with Crippen LogP contribution in [0, 0.1) is 0 Å². The zero-order chi connectivity index (χ0) is 12.3. The molecule has 0 spiro atoms. The monoisotopic (exact) mass is 241 g/mol. The van der Waals surface area contributed by atoms with Gasteiger partial charge in [-0.05, 0) is 12.1 Å². The van der Waals surface area contributed by atoms with Crippen molar-refractivity contribution in [1.29, 1.82) is 0 Å². The second-order valence-electron chi connectivity index (χ2n) is 3.37. The number of benzene rings is 1. The van der Waals surface area contributed by atoms with Gasteiger partial charge in [0.15, 0.2) is 0 Å². The molecule has 0 aliphatic heterocycles. The summed E-state index contributed by atoms with van der Waals surface area (Å²) in [5.41, 5.74) is 6.29. The van der Waals surface area contributed by atoms with Crippen LogP contribution in [0.15, 0.2) is 24.3 Å². The molecule has 0 atom stereocenters. The molecule has 0 radical (unpaired) electrons. The normalized spacial score (nSPS) is 10.4. The van der Waals surface area contributed by atoms with Crippen molar-refractivity contribution < 1.29 is 19.3 Å². The molecule has 5 heteroatoms. The molecule has 0 amide bonds. The Hall–Kier alpha value is -1.30. The van der Waals surface area contributed by atoms with Crippen LogP contribution in [0.1, 0.15) is 0 Å². The number of aliphatic hydroxyl groups is 1. The van der Waals surface area contributed by atoms with Gasteiger partial charge in [-0.2, -0.15) is 0 Å². The van der Waals surface area contributed by atoms with Gasteiger partial charge in [0.2, 0.25) is 0 Å². The Balaban J connectivity index is 1.97. The fourth-order valence-electron chi connectivity index (χ4n) is 1.21. The molecule has 0 saturated carbocycles. The van der Waals surface area contributed by atoms with Crippen LogP contribution in [0.5, 0.6) is 5.75 Å². The smallest absolute Gasteiger partial charge is 0.121 e. The summed E-state index contributed by atoms with van der Waals surface area (Å²) in [7, 11) is 0. The summed E-state index contributed by atoms with van der Waals surface area (Å²) >= 11 is 0. The Morgan fingerprint density at radius 3 is 2.41 bits per heavy atom. The number of anilines is 1. The topological polar surface area (TPSA) is 73.9 Å². The predicted molar refractivity (Wildman–Crippen MR) is 65.1 cm³/mol. The lowest BCUT2D eigenvalue weighted by Gasteiger charge is -2.07. The van der Waals surface area contributed by atoms with Crippen molar-refractivity contribution in [3.63, 3.8) is 0 Å². The maximum Gasteiger partial charge on any atom is 0.121 e. The van der Waals surface area contributed by atoms with Crippen LogP contribution in [0.4, 0.5) is 5.69 Å². The lowest BCUT2D eigenvalue weighted by molar-refractivity contribution is 0.0247. The van der Waals surface area contributed by atoms with Crippen LogP contribution < -0.4 is 10.5 Å². The van der Waals surface area contributed by atoms with Gasteiger partial charge < -0.3 is 25.1 Å². The second kappa shape index (κ2) is 8.81. The maximum atomic E-state index is 8.46. The van der Waals surface area contributed by atoms with Crippen LogP contribution >= 0.6 is 0 Å². The van der Waals surface area contributed by atoms with Gasteiger partial charge in [-0.25, -0.2) is 0 Å². The van der Waals surface area contributed by atoms with Crippen molar-refractivity contribution >= 4 is 5.69 Å². The highest BCUT2D eigenvalue weighted by atomic mass is 16.5. The van der Waals surface area contributed by atoms with Crippen LogP contribution in [0.3, 0.4) is 0 Å². The number of ether oxygens (including phenoxy) is 3. The molecule has 1 aromatic carbocycles. The quantitative estimate of drug-likeness (QED) is 0.491. The van der Waals surface area contributed by atoms with Crippen molar-refractivity contribution in [2.45, 2.75) is 0 Å². The largest absolute Gasteiger partial charge is 0.491 e. The molecule has 17 heavy (non-hydrogen) atoms. The number of hydrogen-bond acceptors (Lipinski definition) is 5. The Kier molecular flexibility index (Phi) is 7.13. The van der Waals surface area contributed by atoms with Crippen LogP contribution in [0.2, 0.25) is 0 Å². The molecule has 0 bridgehead atoms. The predicted octanol–water partition coefficient (Wildman–Crippen LogP) is 0.673. The molecule has 0 heterocycles. The molecule has 3 N–H and O–H groups in total. The first kappa shape index (κ1) is 13.8. The first-order valence-electron chi connectivity index (χ1n) is 5.57. The number of aliphatic hydroxyl groups excluding tert-OH is 1. The minimum atomic E-state index is 0.0402. The molecule has 0 aliphatic rings. The summed E-state index contributed by atoms with van der Waals surface area (Å²) in [6.45, 7) is 2.35. The van der Waals surface area contributed by atoms with Crippen molar-refractivity contribution in [3.8, 4) is 5.75 Å². The Morgan fingerprint density at radius 2 is 1.71 bits per heavy atom. The third kappa shape index (κ3) is 6.78. The molecule has 96 valence electrons. The zero-order valence-corrected chi connectivity index (χ0v) is 9.80. The minimum Gasteiger partial charge on any atom is -0.491 e. The second-order valence-corrected chi connectivity index (χ2v) is 3.37. The first-order chi connectivity index (χ1) is 8.33. The summed E-state index contributed by atoms with van der Waals surface area (Å²) in [6.07, 6.45) is 0.